The molecule has 136 valence electrons. The summed E-state index contributed by atoms with van der Waals surface area (Å²) in [5.41, 5.74) is 2.22. The van der Waals surface area contributed by atoms with Crippen molar-refractivity contribution < 1.29 is 4.79 Å². The van der Waals surface area contributed by atoms with Crippen molar-refractivity contribution in [3.05, 3.63) is 92.9 Å². The number of fused-ring (bicyclic) bond motifs is 1. The van der Waals surface area contributed by atoms with E-state index in [0.717, 1.165) is 16.8 Å². The van der Waals surface area contributed by atoms with E-state index < -0.39 is 5.54 Å². The molecule has 0 aliphatic carbocycles. The van der Waals surface area contributed by atoms with Crippen LogP contribution in [0.2, 0.25) is 15.1 Å². The Bertz CT molecular complexity index is 988. The van der Waals surface area contributed by atoms with E-state index in [2.05, 4.69) is 10.6 Å². The van der Waals surface area contributed by atoms with Crippen LogP contribution in [0.1, 0.15) is 11.1 Å². The summed E-state index contributed by atoms with van der Waals surface area (Å²) in [5.74, 6) is -0.153. The van der Waals surface area contributed by atoms with E-state index in [1.807, 2.05) is 42.5 Å². The Morgan fingerprint density at radius 3 is 2.30 bits per heavy atom. The average Bonchev–Trinajstić information content (AvgIpc) is 2.86. The maximum atomic E-state index is 13.2. The summed E-state index contributed by atoms with van der Waals surface area (Å²) in [6.07, 6.45) is 0.417. The Labute approximate surface area is 172 Å². The molecule has 6 heteroatoms. The summed E-state index contributed by atoms with van der Waals surface area (Å²) in [7, 11) is 0. The molecular weight excluding hydrogens is 403 g/mol. The van der Waals surface area contributed by atoms with Crippen LogP contribution in [0.25, 0.3) is 0 Å². The normalized spacial score (nSPS) is 18.1. The second kappa shape index (κ2) is 7.08. The van der Waals surface area contributed by atoms with Gasteiger partial charge in [0, 0.05) is 38.4 Å². The Hall–Kier alpha value is -2.20. The third kappa shape index (κ3) is 3.51. The number of rotatable bonds is 4. The van der Waals surface area contributed by atoms with Crippen LogP contribution in [-0.4, -0.2) is 5.91 Å². The fourth-order valence-corrected chi connectivity index (χ4v) is 4.03. The van der Waals surface area contributed by atoms with E-state index in [0.29, 0.717) is 27.2 Å². The van der Waals surface area contributed by atoms with Crippen molar-refractivity contribution in [2.24, 2.45) is 0 Å². The van der Waals surface area contributed by atoms with Crippen LogP contribution < -0.4 is 10.6 Å². The first-order valence-electron chi connectivity index (χ1n) is 8.36. The molecule has 1 aliphatic rings. The van der Waals surface area contributed by atoms with Gasteiger partial charge in [0.05, 0.1) is 0 Å². The predicted octanol–water partition coefficient (Wildman–Crippen LogP) is 6.15. The van der Waals surface area contributed by atoms with Gasteiger partial charge in [-0.15, -0.1) is 0 Å². The largest absolute Gasteiger partial charge is 0.367 e. The van der Waals surface area contributed by atoms with Crippen molar-refractivity contribution in [1.29, 1.82) is 0 Å². The van der Waals surface area contributed by atoms with Gasteiger partial charge >= 0.3 is 0 Å². The summed E-state index contributed by atoms with van der Waals surface area (Å²) in [6, 6.07) is 20.2. The van der Waals surface area contributed by atoms with Gasteiger partial charge in [0.1, 0.15) is 5.54 Å². The molecular formula is C21H15Cl3N2O. The molecule has 1 unspecified atom stereocenters. The maximum absolute atomic E-state index is 13.2. The second-order valence-electron chi connectivity index (χ2n) is 6.49. The molecule has 0 fully saturated rings. The molecule has 0 saturated heterocycles. The number of hydrogen-bond donors (Lipinski definition) is 2. The summed E-state index contributed by atoms with van der Waals surface area (Å²) in [5, 5.41) is 8.13. The average molecular weight is 418 g/mol. The number of carbonyl (C=O) groups excluding carboxylic acids is 1. The monoisotopic (exact) mass is 416 g/mol. The van der Waals surface area contributed by atoms with E-state index in [1.165, 1.54) is 0 Å². The van der Waals surface area contributed by atoms with E-state index in [9.17, 15) is 4.79 Å². The van der Waals surface area contributed by atoms with Crippen molar-refractivity contribution in [3.63, 3.8) is 0 Å². The first kappa shape index (κ1) is 18.2. The van der Waals surface area contributed by atoms with Crippen LogP contribution in [0.15, 0.2) is 66.7 Å². The maximum Gasteiger partial charge on any atom is 0.255 e. The highest BCUT2D eigenvalue weighted by Crippen LogP contribution is 2.42. The first-order chi connectivity index (χ1) is 13.0. The Morgan fingerprint density at radius 1 is 0.852 bits per heavy atom. The lowest BCUT2D eigenvalue weighted by Crippen LogP contribution is -2.44. The minimum atomic E-state index is -1.00. The van der Waals surface area contributed by atoms with Gasteiger partial charge in [-0.05, 0) is 48.0 Å². The number of anilines is 2. The van der Waals surface area contributed by atoms with Crippen molar-refractivity contribution in [3.8, 4) is 0 Å². The van der Waals surface area contributed by atoms with Crippen LogP contribution in [0, 0.1) is 0 Å². The summed E-state index contributed by atoms with van der Waals surface area (Å²) < 4.78 is 0. The van der Waals surface area contributed by atoms with E-state index >= 15 is 0 Å². The fourth-order valence-electron chi connectivity index (χ4n) is 3.45. The van der Waals surface area contributed by atoms with Crippen molar-refractivity contribution >= 4 is 52.1 Å². The van der Waals surface area contributed by atoms with Crippen LogP contribution in [0.3, 0.4) is 0 Å². The summed E-state index contributed by atoms with van der Waals surface area (Å²) in [4.78, 5) is 13.2. The van der Waals surface area contributed by atoms with Gasteiger partial charge in [0.25, 0.3) is 5.91 Å². The molecule has 0 bridgehead atoms. The molecule has 4 rings (SSSR count). The molecule has 0 spiro atoms. The zero-order valence-electron chi connectivity index (χ0n) is 14.1. The Kier molecular flexibility index (Phi) is 4.77. The molecule has 1 aliphatic heterocycles. The lowest BCUT2D eigenvalue weighted by molar-refractivity contribution is -0.119. The highest BCUT2D eigenvalue weighted by Gasteiger charge is 2.47. The van der Waals surface area contributed by atoms with Gasteiger partial charge in [0.2, 0.25) is 0 Å². The summed E-state index contributed by atoms with van der Waals surface area (Å²) in [6.45, 7) is 0. The Morgan fingerprint density at radius 2 is 1.56 bits per heavy atom. The predicted molar refractivity (Wildman–Crippen MR) is 112 cm³/mol. The standard InChI is InChI=1S/C21H15Cl3N2O/c22-14-4-1-3-13(9-14)12-21(26-17-6-2-5-15(23)10-17)18-8-7-16(24)11-19(18)25-20(21)27/h1-11,26H,12H2,(H,25,27). The van der Waals surface area contributed by atoms with E-state index in [1.54, 1.807) is 24.3 Å². The smallest absolute Gasteiger partial charge is 0.255 e. The number of carbonyl (C=O) groups is 1. The quantitative estimate of drug-likeness (QED) is 0.534. The van der Waals surface area contributed by atoms with Crippen molar-refractivity contribution in [1.82, 2.24) is 0 Å². The van der Waals surface area contributed by atoms with Gasteiger partial charge < -0.3 is 10.6 Å². The molecule has 27 heavy (non-hydrogen) atoms. The summed E-state index contributed by atoms with van der Waals surface area (Å²) >= 11 is 18.4. The zero-order chi connectivity index (χ0) is 19.0. The lowest BCUT2D eigenvalue weighted by atomic mass is 9.84. The van der Waals surface area contributed by atoms with Crippen molar-refractivity contribution in [2.45, 2.75) is 12.0 Å². The highest BCUT2D eigenvalue weighted by molar-refractivity contribution is 6.31. The number of amides is 1. The molecule has 3 nitrogen and oxygen atoms in total. The number of halogens is 3. The third-order valence-corrected chi connectivity index (χ3v) is 5.32. The molecule has 1 heterocycles. The van der Waals surface area contributed by atoms with Gasteiger partial charge in [-0.1, -0.05) is 59.1 Å². The fraction of sp³-hybridized carbons (Fsp3) is 0.0952. The molecule has 0 radical (unpaired) electrons. The third-order valence-electron chi connectivity index (χ3n) is 4.62. The van der Waals surface area contributed by atoms with Gasteiger partial charge in [-0.2, -0.15) is 0 Å². The first-order valence-corrected chi connectivity index (χ1v) is 9.49. The number of nitrogens with one attached hydrogen (secondary N) is 2. The van der Waals surface area contributed by atoms with E-state index in [4.69, 9.17) is 34.8 Å². The molecule has 1 amide bonds. The van der Waals surface area contributed by atoms with Crippen molar-refractivity contribution in [2.75, 3.05) is 10.6 Å². The van der Waals surface area contributed by atoms with Crippen LogP contribution >= 0.6 is 34.8 Å². The van der Waals surface area contributed by atoms with Gasteiger partial charge in [0.15, 0.2) is 0 Å². The van der Waals surface area contributed by atoms with Crippen LogP contribution in [0.4, 0.5) is 11.4 Å². The molecule has 0 saturated carbocycles. The molecule has 1 atom stereocenters. The molecule has 0 aromatic heterocycles. The van der Waals surface area contributed by atoms with Crippen LogP contribution in [0.5, 0.6) is 0 Å². The Balaban J connectivity index is 1.84. The van der Waals surface area contributed by atoms with Gasteiger partial charge in [-0.25, -0.2) is 0 Å². The molecule has 3 aromatic rings. The number of hydrogen-bond acceptors (Lipinski definition) is 2. The van der Waals surface area contributed by atoms with E-state index in [-0.39, 0.29) is 5.91 Å². The van der Waals surface area contributed by atoms with Gasteiger partial charge in [-0.3, -0.25) is 4.79 Å². The second-order valence-corrected chi connectivity index (χ2v) is 7.80. The SMILES string of the molecule is O=C1Nc2cc(Cl)ccc2C1(Cc1cccc(Cl)c1)Nc1cccc(Cl)c1. The van der Waals surface area contributed by atoms with Crippen LogP contribution in [-0.2, 0) is 16.8 Å². The minimum absolute atomic E-state index is 0.153. The number of benzene rings is 3. The lowest BCUT2D eigenvalue weighted by Gasteiger charge is -2.30. The minimum Gasteiger partial charge on any atom is -0.367 e. The topological polar surface area (TPSA) is 41.1 Å². The molecule has 3 aromatic carbocycles. The zero-order valence-corrected chi connectivity index (χ0v) is 16.4. The molecule has 2 N–H and O–H groups in total. The highest BCUT2D eigenvalue weighted by atomic mass is 35.5.